The van der Waals surface area contributed by atoms with Crippen LogP contribution in [-0.2, 0) is 0 Å². The number of nitrogens with one attached hydrogen (secondary N) is 1. The van der Waals surface area contributed by atoms with E-state index in [2.05, 4.69) is 38.2 Å². The van der Waals surface area contributed by atoms with Crippen molar-refractivity contribution in [1.29, 1.82) is 0 Å². The van der Waals surface area contributed by atoms with Crippen LogP contribution in [0.1, 0.15) is 31.0 Å². The van der Waals surface area contributed by atoms with Gasteiger partial charge in [-0.05, 0) is 38.4 Å². The van der Waals surface area contributed by atoms with Crippen LogP contribution in [0, 0.1) is 18.8 Å². The molecule has 1 aromatic carbocycles. The van der Waals surface area contributed by atoms with Gasteiger partial charge in [-0.2, -0.15) is 0 Å². The minimum atomic E-state index is -0.00713. The van der Waals surface area contributed by atoms with E-state index in [9.17, 15) is 0 Å². The van der Waals surface area contributed by atoms with E-state index in [-0.39, 0.29) is 6.04 Å². The molecule has 0 heterocycles. The molecule has 0 bridgehead atoms. The van der Waals surface area contributed by atoms with Crippen LogP contribution in [0.2, 0.25) is 0 Å². The number of hydrogen-bond donors (Lipinski definition) is 2. The van der Waals surface area contributed by atoms with Gasteiger partial charge in [0, 0.05) is 11.6 Å². The summed E-state index contributed by atoms with van der Waals surface area (Å²) in [6.45, 7) is 7.42. The molecule has 0 spiro atoms. The summed E-state index contributed by atoms with van der Waals surface area (Å²) in [6, 6.07) is 6.18. The van der Waals surface area contributed by atoms with Crippen molar-refractivity contribution in [2.24, 2.45) is 17.6 Å². The molecule has 2 atom stereocenters. The van der Waals surface area contributed by atoms with E-state index in [0.717, 1.165) is 17.9 Å². The second-order valence-corrected chi connectivity index (χ2v) is 5.24. The molecule has 3 heteroatoms. The third-order valence-corrected chi connectivity index (χ3v) is 3.50. The number of methoxy groups -OCH3 is 1. The maximum absolute atomic E-state index is 6.45. The Kier molecular flexibility index (Phi) is 5.63. The second kappa shape index (κ2) is 6.76. The van der Waals surface area contributed by atoms with Crippen molar-refractivity contribution < 1.29 is 4.74 Å². The molecule has 1 aromatic rings. The lowest BCUT2D eigenvalue weighted by Gasteiger charge is -2.28. The quantitative estimate of drug-likeness (QED) is 0.815. The lowest BCUT2D eigenvalue weighted by Crippen LogP contribution is -2.33. The van der Waals surface area contributed by atoms with Crippen LogP contribution in [0.15, 0.2) is 18.2 Å². The maximum Gasteiger partial charge on any atom is 0.123 e. The summed E-state index contributed by atoms with van der Waals surface area (Å²) in [5.74, 6) is 1.80. The molecule has 0 amide bonds. The lowest BCUT2D eigenvalue weighted by atomic mass is 9.84. The van der Waals surface area contributed by atoms with Gasteiger partial charge in [-0.3, -0.25) is 0 Å². The summed E-state index contributed by atoms with van der Waals surface area (Å²) >= 11 is 0. The van der Waals surface area contributed by atoms with Gasteiger partial charge in [0.15, 0.2) is 0 Å². The Bertz CT molecular complexity index is 377. The number of rotatable bonds is 6. The SMILES string of the molecule is CNCC(C(C)C)C(N)c1cc(C)ccc1OC. The molecule has 1 rings (SSSR count). The van der Waals surface area contributed by atoms with Crippen molar-refractivity contribution in [3.05, 3.63) is 29.3 Å². The van der Waals surface area contributed by atoms with Gasteiger partial charge in [-0.1, -0.05) is 31.5 Å². The second-order valence-electron chi connectivity index (χ2n) is 5.24. The van der Waals surface area contributed by atoms with Crippen molar-refractivity contribution in [2.75, 3.05) is 20.7 Å². The zero-order chi connectivity index (χ0) is 13.7. The molecule has 0 radical (unpaired) electrons. The Hall–Kier alpha value is -1.06. The van der Waals surface area contributed by atoms with Crippen molar-refractivity contribution in [1.82, 2.24) is 5.32 Å². The molecule has 0 aliphatic heterocycles. The summed E-state index contributed by atoms with van der Waals surface area (Å²) in [5, 5.41) is 3.23. The molecule has 3 N–H and O–H groups in total. The van der Waals surface area contributed by atoms with Crippen LogP contribution in [-0.4, -0.2) is 20.7 Å². The number of benzene rings is 1. The van der Waals surface area contributed by atoms with Crippen molar-refractivity contribution in [3.8, 4) is 5.75 Å². The maximum atomic E-state index is 6.45. The van der Waals surface area contributed by atoms with Crippen LogP contribution in [0.4, 0.5) is 0 Å². The summed E-state index contributed by atoms with van der Waals surface area (Å²) in [4.78, 5) is 0. The van der Waals surface area contributed by atoms with Crippen LogP contribution in [0.25, 0.3) is 0 Å². The van der Waals surface area contributed by atoms with Gasteiger partial charge in [0.2, 0.25) is 0 Å². The first-order valence-electron chi connectivity index (χ1n) is 6.56. The lowest BCUT2D eigenvalue weighted by molar-refractivity contribution is 0.306. The molecular formula is C15H26N2O. The first kappa shape index (κ1) is 15.0. The predicted molar refractivity (Wildman–Crippen MR) is 76.9 cm³/mol. The summed E-state index contributed by atoms with van der Waals surface area (Å²) in [5.41, 5.74) is 8.77. The van der Waals surface area contributed by atoms with Gasteiger partial charge in [-0.25, -0.2) is 0 Å². The molecule has 102 valence electrons. The third-order valence-electron chi connectivity index (χ3n) is 3.50. The van der Waals surface area contributed by atoms with Crippen molar-refractivity contribution in [3.63, 3.8) is 0 Å². The molecular weight excluding hydrogens is 224 g/mol. The Morgan fingerprint density at radius 2 is 2.00 bits per heavy atom. The van der Waals surface area contributed by atoms with Crippen LogP contribution in [0.3, 0.4) is 0 Å². The normalized spacial score (nSPS) is 14.6. The zero-order valence-electron chi connectivity index (χ0n) is 12.2. The zero-order valence-corrected chi connectivity index (χ0v) is 12.2. The Morgan fingerprint density at radius 1 is 1.33 bits per heavy atom. The highest BCUT2D eigenvalue weighted by molar-refractivity contribution is 5.39. The van der Waals surface area contributed by atoms with Gasteiger partial charge < -0.3 is 15.8 Å². The van der Waals surface area contributed by atoms with Gasteiger partial charge >= 0.3 is 0 Å². The van der Waals surface area contributed by atoms with E-state index < -0.39 is 0 Å². The summed E-state index contributed by atoms with van der Waals surface area (Å²) in [6.07, 6.45) is 0. The minimum absolute atomic E-state index is 0.00713. The molecule has 0 saturated carbocycles. The summed E-state index contributed by atoms with van der Waals surface area (Å²) < 4.78 is 5.43. The van der Waals surface area contributed by atoms with E-state index >= 15 is 0 Å². The Balaban J connectivity index is 3.06. The largest absolute Gasteiger partial charge is 0.496 e. The van der Waals surface area contributed by atoms with Gasteiger partial charge in [0.25, 0.3) is 0 Å². The topological polar surface area (TPSA) is 47.3 Å². The van der Waals surface area contributed by atoms with Crippen LogP contribution >= 0.6 is 0 Å². The Labute approximate surface area is 111 Å². The highest BCUT2D eigenvalue weighted by atomic mass is 16.5. The van der Waals surface area contributed by atoms with Gasteiger partial charge in [-0.15, -0.1) is 0 Å². The molecule has 2 unspecified atom stereocenters. The molecule has 0 aliphatic rings. The van der Waals surface area contributed by atoms with Gasteiger partial charge in [0.1, 0.15) is 5.75 Å². The fourth-order valence-corrected chi connectivity index (χ4v) is 2.36. The van der Waals surface area contributed by atoms with E-state index in [1.807, 2.05) is 13.1 Å². The van der Waals surface area contributed by atoms with Crippen LogP contribution in [0.5, 0.6) is 5.75 Å². The standard InChI is InChI=1S/C15H26N2O/c1-10(2)13(9-17-4)15(16)12-8-11(3)6-7-14(12)18-5/h6-8,10,13,15,17H,9,16H2,1-5H3. The average Bonchev–Trinajstić information content (AvgIpc) is 2.34. The highest BCUT2D eigenvalue weighted by Gasteiger charge is 2.24. The number of hydrogen-bond acceptors (Lipinski definition) is 3. The predicted octanol–water partition coefficient (Wildman–Crippen LogP) is 2.50. The first-order chi connectivity index (χ1) is 8.51. The molecule has 0 aliphatic carbocycles. The van der Waals surface area contributed by atoms with Crippen LogP contribution < -0.4 is 15.8 Å². The van der Waals surface area contributed by atoms with Crippen molar-refractivity contribution in [2.45, 2.75) is 26.8 Å². The number of ether oxygens (including phenoxy) is 1. The molecule has 3 nitrogen and oxygen atoms in total. The smallest absolute Gasteiger partial charge is 0.123 e. The number of aryl methyl sites for hydroxylation is 1. The van der Waals surface area contributed by atoms with Crippen molar-refractivity contribution >= 4 is 0 Å². The van der Waals surface area contributed by atoms with E-state index in [0.29, 0.717) is 11.8 Å². The Morgan fingerprint density at radius 3 is 2.50 bits per heavy atom. The van der Waals surface area contributed by atoms with E-state index in [4.69, 9.17) is 10.5 Å². The molecule has 0 aromatic heterocycles. The van der Waals surface area contributed by atoms with E-state index in [1.54, 1.807) is 7.11 Å². The third kappa shape index (κ3) is 3.47. The minimum Gasteiger partial charge on any atom is -0.496 e. The molecule has 0 fully saturated rings. The van der Waals surface area contributed by atoms with Gasteiger partial charge in [0.05, 0.1) is 7.11 Å². The molecule has 0 saturated heterocycles. The molecule has 18 heavy (non-hydrogen) atoms. The fourth-order valence-electron chi connectivity index (χ4n) is 2.36. The summed E-state index contributed by atoms with van der Waals surface area (Å²) in [7, 11) is 3.67. The number of nitrogens with two attached hydrogens (primary N) is 1. The fraction of sp³-hybridized carbons (Fsp3) is 0.600. The van der Waals surface area contributed by atoms with E-state index in [1.165, 1.54) is 5.56 Å². The average molecular weight is 250 g/mol. The highest BCUT2D eigenvalue weighted by Crippen LogP contribution is 2.32. The first-order valence-corrected chi connectivity index (χ1v) is 6.56. The monoisotopic (exact) mass is 250 g/mol.